The summed E-state index contributed by atoms with van der Waals surface area (Å²) in [6.45, 7) is 3.06. The van der Waals surface area contributed by atoms with Crippen molar-refractivity contribution in [1.82, 2.24) is 10.6 Å². The fraction of sp³-hybridized carbons (Fsp3) is 0.500. The van der Waals surface area contributed by atoms with Crippen LogP contribution in [0.15, 0.2) is 18.2 Å². The van der Waals surface area contributed by atoms with Crippen LogP contribution in [-0.4, -0.2) is 49.1 Å². The first-order valence-electron chi connectivity index (χ1n) is 9.20. The number of imide groups is 1. The summed E-state index contributed by atoms with van der Waals surface area (Å²) in [4.78, 5) is 48.0. The molecule has 10 nitrogen and oxygen atoms in total. The molecule has 28 heavy (non-hydrogen) atoms. The Hall–Kier alpha value is -3.17. The summed E-state index contributed by atoms with van der Waals surface area (Å²) >= 11 is 0. The van der Waals surface area contributed by atoms with Gasteiger partial charge in [0.2, 0.25) is 0 Å². The van der Waals surface area contributed by atoms with Gasteiger partial charge in [-0.25, -0.2) is 9.59 Å². The zero-order valence-electron chi connectivity index (χ0n) is 15.7. The Morgan fingerprint density at radius 1 is 1.21 bits per heavy atom. The molecule has 1 heterocycles. The summed E-state index contributed by atoms with van der Waals surface area (Å²) in [5.74, 6) is -1.67. The van der Waals surface area contributed by atoms with Crippen LogP contribution < -0.4 is 15.5 Å². The quantitative estimate of drug-likeness (QED) is 0.412. The molecule has 1 aliphatic rings. The van der Waals surface area contributed by atoms with Crippen molar-refractivity contribution in [2.45, 2.75) is 32.6 Å². The maximum absolute atomic E-state index is 12.1. The van der Waals surface area contributed by atoms with Gasteiger partial charge in [0.15, 0.2) is 6.61 Å². The molecule has 2 N–H and O–H groups in total. The number of nitro benzene ring substituents is 1. The first-order chi connectivity index (χ1) is 13.4. The van der Waals surface area contributed by atoms with Crippen LogP contribution in [0, 0.1) is 10.1 Å². The van der Waals surface area contributed by atoms with Crippen molar-refractivity contribution < 1.29 is 24.0 Å². The highest BCUT2D eigenvalue weighted by Crippen LogP contribution is 2.31. The molecule has 1 aromatic carbocycles. The van der Waals surface area contributed by atoms with Gasteiger partial charge in [-0.15, -0.1) is 0 Å². The molecule has 0 saturated carbocycles. The lowest BCUT2D eigenvalue weighted by atomic mass is 10.1. The van der Waals surface area contributed by atoms with Gasteiger partial charge in [-0.3, -0.25) is 20.2 Å². The molecular weight excluding hydrogens is 368 g/mol. The van der Waals surface area contributed by atoms with Gasteiger partial charge in [0.05, 0.1) is 10.5 Å². The van der Waals surface area contributed by atoms with Crippen LogP contribution in [0.2, 0.25) is 0 Å². The lowest BCUT2D eigenvalue weighted by molar-refractivity contribution is -0.384. The number of piperidine rings is 1. The van der Waals surface area contributed by atoms with Crippen LogP contribution in [0.25, 0.3) is 0 Å². The number of amides is 3. The molecule has 0 bridgehead atoms. The van der Waals surface area contributed by atoms with Crippen LogP contribution in [0.3, 0.4) is 0 Å². The first kappa shape index (κ1) is 21.1. The fourth-order valence-electron chi connectivity index (χ4n) is 2.86. The molecule has 0 atom stereocenters. The van der Waals surface area contributed by atoms with Gasteiger partial charge < -0.3 is 15.0 Å². The summed E-state index contributed by atoms with van der Waals surface area (Å²) in [5, 5.41) is 15.9. The minimum Gasteiger partial charge on any atom is -0.452 e. The van der Waals surface area contributed by atoms with Gasteiger partial charge in [-0.2, -0.15) is 0 Å². The molecule has 1 fully saturated rings. The van der Waals surface area contributed by atoms with Crippen molar-refractivity contribution in [1.29, 1.82) is 0 Å². The smallest absolute Gasteiger partial charge is 0.338 e. The van der Waals surface area contributed by atoms with Crippen molar-refractivity contribution >= 4 is 29.3 Å². The maximum atomic E-state index is 12.1. The Morgan fingerprint density at radius 2 is 1.93 bits per heavy atom. The average Bonchev–Trinajstić information content (AvgIpc) is 2.70. The molecule has 10 heteroatoms. The van der Waals surface area contributed by atoms with Gasteiger partial charge >= 0.3 is 12.0 Å². The number of carbonyl (C=O) groups excluding carboxylic acids is 3. The van der Waals surface area contributed by atoms with Crippen LogP contribution in [0.5, 0.6) is 0 Å². The number of rotatable bonds is 7. The van der Waals surface area contributed by atoms with E-state index in [1.165, 1.54) is 12.1 Å². The van der Waals surface area contributed by atoms with Crippen LogP contribution in [0.4, 0.5) is 16.2 Å². The number of hydrogen-bond donors (Lipinski definition) is 2. The molecule has 1 aliphatic heterocycles. The fourth-order valence-corrected chi connectivity index (χ4v) is 2.86. The molecule has 1 aromatic rings. The Labute approximate surface area is 162 Å². The normalized spacial score (nSPS) is 13.5. The van der Waals surface area contributed by atoms with Gasteiger partial charge in [0.1, 0.15) is 5.69 Å². The number of nitro groups is 1. The Morgan fingerprint density at radius 3 is 2.57 bits per heavy atom. The van der Waals surface area contributed by atoms with E-state index in [0.717, 1.165) is 38.4 Å². The Kier molecular flexibility index (Phi) is 7.73. The highest BCUT2D eigenvalue weighted by atomic mass is 16.6. The number of urea groups is 1. The molecule has 0 spiro atoms. The zero-order valence-corrected chi connectivity index (χ0v) is 15.7. The third-order valence-corrected chi connectivity index (χ3v) is 4.23. The van der Waals surface area contributed by atoms with Gasteiger partial charge in [-0.05, 0) is 37.8 Å². The molecule has 0 aromatic heterocycles. The van der Waals surface area contributed by atoms with E-state index >= 15 is 0 Å². The van der Waals surface area contributed by atoms with Crippen molar-refractivity contribution in [3.05, 3.63) is 33.9 Å². The molecule has 1 saturated heterocycles. The van der Waals surface area contributed by atoms with Crippen molar-refractivity contribution in [2.24, 2.45) is 0 Å². The second kappa shape index (κ2) is 10.2. The van der Waals surface area contributed by atoms with E-state index in [1.54, 1.807) is 0 Å². The van der Waals surface area contributed by atoms with Gasteiger partial charge in [0, 0.05) is 25.7 Å². The third-order valence-electron chi connectivity index (χ3n) is 4.23. The number of carbonyl (C=O) groups is 3. The number of ether oxygens (including phenoxy) is 1. The minimum absolute atomic E-state index is 0.0318. The predicted molar refractivity (Wildman–Crippen MR) is 101 cm³/mol. The van der Waals surface area contributed by atoms with E-state index in [1.807, 2.05) is 17.1 Å². The first-order valence-corrected chi connectivity index (χ1v) is 9.20. The SMILES string of the molecule is CCCNC(=O)NC(=O)COC(=O)c1ccc(N2CCCCC2)c([N+](=O)[O-])c1. The molecule has 0 unspecified atom stereocenters. The van der Waals surface area contributed by atoms with E-state index in [0.29, 0.717) is 18.7 Å². The summed E-state index contributed by atoms with van der Waals surface area (Å²) in [6, 6.07) is 3.44. The number of nitrogens with zero attached hydrogens (tertiary/aromatic N) is 2. The lowest BCUT2D eigenvalue weighted by Gasteiger charge is -2.28. The second-order valence-corrected chi connectivity index (χ2v) is 6.39. The Balaban J connectivity index is 1.99. The maximum Gasteiger partial charge on any atom is 0.338 e. The number of benzene rings is 1. The van der Waals surface area contributed by atoms with E-state index in [4.69, 9.17) is 4.74 Å². The van der Waals surface area contributed by atoms with Crippen LogP contribution >= 0.6 is 0 Å². The van der Waals surface area contributed by atoms with Crippen molar-refractivity contribution in [3.8, 4) is 0 Å². The third kappa shape index (κ3) is 5.93. The van der Waals surface area contributed by atoms with E-state index in [-0.39, 0.29) is 11.3 Å². The number of nitrogens with one attached hydrogen (secondary N) is 2. The van der Waals surface area contributed by atoms with Gasteiger partial charge in [0.25, 0.3) is 11.6 Å². The standard InChI is InChI=1S/C18H24N4O6/c1-2-8-19-18(25)20-16(23)12-28-17(24)13-6-7-14(15(11-13)22(26)27)21-9-4-3-5-10-21/h6-7,11H,2-5,8-10,12H2,1H3,(H2,19,20,23,25). The van der Waals surface area contributed by atoms with E-state index < -0.39 is 29.4 Å². The van der Waals surface area contributed by atoms with Crippen molar-refractivity contribution in [3.63, 3.8) is 0 Å². The van der Waals surface area contributed by atoms with Gasteiger partial charge in [-0.1, -0.05) is 6.92 Å². The highest BCUT2D eigenvalue weighted by molar-refractivity contribution is 5.97. The van der Waals surface area contributed by atoms with Crippen LogP contribution in [-0.2, 0) is 9.53 Å². The summed E-state index contributed by atoms with van der Waals surface area (Å²) in [5.41, 5.74) is 0.252. The summed E-state index contributed by atoms with van der Waals surface area (Å²) in [7, 11) is 0. The van der Waals surface area contributed by atoms with E-state index in [9.17, 15) is 24.5 Å². The van der Waals surface area contributed by atoms with Crippen molar-refractivity contribution in [2.75, 3.05) is 31.1 Å². The molecule has 152 valence electrons. The molecule has 3 amide bonds. The summed E-state index contributed by atoms with van der Waals surface area (Å²) < 4.78 is 4.85. The van der Waals surface area contributed by atoms with Crippen LogP contribution in [0.1, 0.15) is 43.0 Å². The molecule has 0 aliphatic carbocycles. The monoisotopic (exact) mass is 392 g/mol. The zero-order chi connectivity index (χ0) is 20.5. The largest absolute Gasteiger partial charge is 0.452 e. The lowest BCUT2D eigenvalue weighted by Crippen LogP contribution is -2.41. The summed E-state index contributed by atoms with van der Waals surface area (Å²) in [6.07, 6.45) is 3.72. The number of hydrogen-bond acceptors (Lipinski definition) is 7. The average molecular weight is 392 g/mol. The highest BCUT2D eigenvalue weighted by Gasteiger charge is 2.24. The van der Waals surface area contributed by atoms with E-state index in [2.05, 4.69) is 5.32 Å². The molecular formula is C18H24N4O6. The molecule has 2 rings (SSSR count). The second-order valence-electron chi connectivity index (χ2n) is 6.39. The molecule has 0 radical (unpaired) electrons. The number of esters is 1. The minimum atomic E-state index is -0.877. The topological polar surface area (TPSA) is 131 Å². The Bertz CT molecular complexity index is 746. The predicted octanol–water partition coefficient (Wildman–Crippen LogP) is 1.98. The number of anilines is 1.